The molecule has 0 radical (unpaired) electrons. The summed E-state index contributed by atoms with van der Waals surface area (Å²) in [6, 6.07) is 44.3. The van der Waals surface area contributed by atoms with Crippen LogP contribution in [0.1, 0.15) is 28.8 Å². The van der Waals surface area contributed by atoms with Crippen LogP contribution in [0.4, 0.5) is 0 Å². The molecule has 0 amide bonds. The summed E-state index contributed by atoms with van der Waals surface area (Å²) in [4.78, 5) is 0. The third-order valence-corrected chi connectivity index (χ3v) is 8.23. The van der Waals surface area contributed by atoms with Crippen molar-refractivity contribution in [1.29, 1.82) is 0 Å². The van der Waals surface area contributed by atoms with Crippen LogP contribution in [0.15, 0.2) is 127 Å². The molecular weight excluding hydrogens is 472 g/mol. The zero-order valence-electron chi connectivity index (χ0n) is 21.7. The second kappa shape index (κ2) is 8.89. The molecule has 0 N–H and O–H groups in total. The maximum absolute atomic E-state index is 2.42. The first-order chi connectivity index (χ1) is 19.3. The maximum Gasteiger partial charge on any atom is 0.0541 e. The number of allylic oxidation sites excluding steroid dienone is 1. The topological polar surface area (TPSA) is 9.86 Å². The third-order valence-electron chi connectivity index (χ3n) is 8.23. The van der Waals surface area contributed by atoms with E-state index in [4.69, 9.17) is 0 Å². The molecule has 2 nitrogen and oxygen atoms in total. The summed E-state index contributed by atoms with van der Waals surface area (Å²) in [6.07, 6.45) is 7.75. The summed E-state index contributed by atoms with van der Waals surface area (Å²) >= 11 is 0. The highest BCUT2D eigenvalue weighted by atomic mass is 15.0. The van der Waals surface area contributed by atoms with Crippen molar-refractivity contribution in [3.63, 3.8) is 0 Å². The lowest BCUT2D eigenvalue weighted by atomic mass is 10.0. The Morgan fingerprint density at radius 2 is 0.974 bits per heavy atom. The van der Waals surface area contributed by atoms with E-state index in [2.05, 4.69) is 143 Å². The Labute approximate surface area is 228 Å². The van der Waals surface area contributed by atoms with Crippen molar-refractivity contribution in [3.8, 4) is 11.4 Å². The van der Waals surface area contributed by atoms with Crippen LogP contribution < -0.4 is 0 Å². The average Bonchev–Trinajstić information content (AvgIpc) is 3.51. The fourth-order valence-electron chi connectivity index (χ4n) is 6.43. The van der Waals surface area contributed by atoms with Gasteiger partial charge in [-0.1, -0.05) is 84.9 Å². The molecule has 8 rings (SSSR count). The Morgan fingerprint density at radius 1 is 0.487 bits per heavy atom. The minimum Gasteiger partial charge on any atom is -0.310 e. The zero-order valence-corrected chi connectivity index (χ0v) is 21.7. The van der Waals surface area contributed by atoms with Gasteiger partial charge in [0.25, 0.3) is 0 Å². The van der Waals surface area contributed by atoms with Crippen LogP contribution in [0.2, 0.25) is 0 Å². The molecule has 7 aromatic rings. The van der Waals surface area contributed by atoms with Gasteiger partial charge >= 0.3 is 0 Å². The molecule has 0 bridgehead atoms. The second-order valence-corrected chi connectivity index (χ2v) is 10.5. The number of aryl methyl sites for hydroxylation is 1. The van der Waals surface area contributed by atoms with E-state index in [-0.39, 0.29) is 0 Å². The monoisotopic (exact) mass is 500 g/mol. The minimum absolute atomic E-state index is 0.915. The number of fused-ring (bicyclic) bond motifs is 6. The molecule has 0 aliphatic heterocycles. The summed E-state index contributed by atoms with van der Waals surface area (Å²) in [6.45, 7) is 0. The Bertz CT molecular complexity index is 1960. The van der Waals surface area contributed by atoms with Gasteiger partial charge in [-0.3, -0.25) is 0 Å². The Kier molecular flexibility index (Phi) is 5.06. The van der Waals surface area contributed by atoms with Crippen LogP contribution in [0.3, 0.4) is 0 Å². The molecule has 39 heavy (non-hydrogen) atoms. The molecule has 0 saturated heterocycles. The number of rotatable bonds is 4. The molecule has 1 aliphatic carbocycles. The Balaban J connectivity index is 1.11. The standard InChI is InChI=1S/C37H28N2/c1-5-13-34-30(9-1)31-10-2-6-14-35(31)38(34)28-21-17-26(18-22-28)25-27-19-23-29(24-20-27)39-36-15-7-3-11-32(36)33-12-4-8-16-37(33)39/h1-3,5-11,13-24H,4,12,25H2. The van der Waals surface area contributed by atoms with Crippen molar-refractivity contribution in [2.75, 3.05) is 0 Å². The van der Waals surface area contributed by atoms with Gasteiger partial charge < -0.3 is 9.13 Å². The molecule has 186 valence electrons. The van der Waals surface area contributed by atoms with Gasteiger partial charge in [-0.05, 0) is 84.5 Å². The van der Waals surface area contributed by atoms with Crippen LogP contribution in [0.5, 0.6) is 0 Å². The summed E-state index contributed by atoms with van der Waals surface area (Å²) < 4.78 is 4.80. The predicted octanol–water partition coefficient (Wildman–Crippen LogP) is 9.28. The van der Waals surface area contributed by atoms with E-state index < -0.39 is 0 Å². The average molecular weight is 501 g/mol. The van der Waals surface area contributed by atoms with Gasteiger partial charge in [0, 0.05) is 33.2 Å². The number of nitrogens with zero attached hydrogens (tertiary/aromatic N) is 2. The number of aromatic nitrogens is 2. The van der Waals surface area contributed by atoms with E-state index in [9.17, 15) is 0 Å². The molecule has 2 heteroatoms. The van der Waals surface area contributed by atoms with Crippen molar-refractivity contribution >= 4 is 38.8 Å². The highest BCUT2D eigenvalue weighted by Crippen LogP contribution is 2.34. The highest BCUT2D eigenvalue weighted by molar-refractivity contribution is 6.09. The van der Waals surface area contributed by atoms with Gasteiger partial charge in [-0.15, -0.1) is 0 Å². The van der Waals surface area contributed by atoms with E-state index in [0.717, 1.165) is 19.3 Å². The van der Waals surface area contributed by atoms with Crippen LogP contribution in [-0.4, -0.2) is 9.13 Å². The largest absolute Gasteiger partial charge is 0.310 e. The van der Waals surface area contributed by atoms with Gasteiger partial charge in [-0.25, -0.2) is 0 Å². The van der Waals surface area contributed by atoms with E-state index in [1.54, 1.807) is 0 Å². The van der Waals surface area contributed by atoms with Crippen LogP contribution in [-0.2, 0) is 12.8 Å². The first kappa shape index (κ1) is 22.2. The summed E-state index contributed by atoms with van der Waals surface area (Å²) in [5.41, 5.74) is 11.7. The molecular formula is C37H28N2. The van der Waals surface area contributed by atoms with Crippen molar-refractivity contribution in [2.24, 2.45) is 0 Å². The van der Waals surface area contributed by atoms with Gasteiger partial charge in [0.2, 0.25) is 0 Å². The molecule has 1 aliphatic rings. The summed E-state index contributed by atoms with van der Waals surface area (Å²) in [5, 5.41) is 3.97. The quantitative estimate of drug-likeness (QED) is 0.228. The SMILES string of the molecule is C1=Cc2c(c3ccccc3n2-c2ccc(Cc3ccc(-n4c5ccccc5c5ccccc54)cc3)cc2)CC1. The fraction of sp³-hybridized carbons (Fsp3) is 0.0811. The van der Waals surface area contributed by atoms with Crippen LogP contribution in [0, 0.1) is 0 Å². The minimum atomic E-state index is 0.915. The van der Waals surface area contributed by atoms with Crippen molar-refractivity contribution in [3.05, 3.63) is 150 Å². The molecule has 0 saturated carbocycles. The molecule has 2 aromatic heterocycles. The number of para-hydroxylation sites is 3. The molecule has 0 unspecified atom stereocenters. The fourth-order valence-corrected chi connectivity index (χ4v) is 6.43. The van der Waals surface area contributed by atoms with Gasteiger partial charge in [0.15, 0.2) is 0 Å². The first-order valence-electron chi connectivity index (χ1n) is 13.8. The smallest absolute Gasteiger partial charge is 0.0541 e. The highest BCUT2D eigenvalue weighted by Gasteiger charge is 2.18. The van der Waals surface area contributed by atoms with E-state index >= 15 is 0 Å². The molecule has 0 spiro atoms. The number of hydrogen-bond acceptors (Lipinski definition) is 0. The molecule has 0 atom stereocenters. The first-order valence-corrected chi connectivity index (χ1v) is 13.8. The summed E-state index contributed by atoms with van der Waals surface area (Å²) in [5.74, 6) is 0. The summed E-state index contributed by atoms with van der Waals surface area (Å²) in [7, 11) is 0. The van der Waals surface area contributed by atoms with Crippen molar-refractivity contribution in [2.45, 2.75) is 19.3 Å². The normalized spacial score (nSPS) is 12.9. The number of benzene rings is 5. The van der Waals surface area contributed by atoms with E-state index in [1.807, 2.05) is 0 Å². The maximum atomic E-state index is 2.42. The van der Waals surface area contributed by atoms with Crippen LogP contribution in [0.25, 0.3) is 50.2 Å². The van der Waals surface area contributed by atoms with Crippen molar-refractivity contribution in [1.82, 2.24) is 9.13 Å². The Hall–Kier alpha value is -4.82. The van der Waals surface area contributed by atoms with Gasteiger partial charge in [-0.2, -0.15) is 0 Å². The molecule has 0 fully saturated rings. The van der Waals surface area contributed by atoms with Crippen molar-refractivity contribution < 1.29 is 0 Å². The van der Waals surface area contributed by atoms with Gasteiger partial charge in [0.1, 0.15) is 0 Å². The second-order valence-electron chi connectivity index (χ2n) is 10.5. The predicted molar refractivity (Wildman–Crippen MR) is 164 cm³/mol. The lowest BCUT2D eigenvalue weighted by Crippen LogP contribution is -2.00. The van der Waals surface area contributed by atoms with E-state index in [1.165, 1.54) is 66.5 Å². The number of hydrogen-bond donors (Lipinski definition) is 0. The lowest BCUT2D eigenvalue weighted by molar-refractivity contribution is 0.967. The molecule has 2 heterocycles. The third kappa shape index (κ3) is 3.56. The molecule has 5 aromatic carbocycles. The van der Waals surface area contributed by atoms with Crippen LogP contribution >= 0.6 is 0 Å². The lowest BCUT2D eigenvalue weighted by Gasteiger charge is -2.13. The van der Waals surface area contributed by atoms with E-state index in [0.29, 0.717) is 0 Å². The van der Waals surface area contributed by atoms with Gasteiger partial charge in [0.05, 0.1) is 16.6 Å². The Morgan fingerprint density at radius 3 is 1.56 bits per heavy atom. The zero-order chi connectivity index (χ0) is 25.8.